The standard InChI is InChI=1S/C21H19Cl2N3O3S2/c22-15-4-1-3-14(9-15)10-21-24-16(13-30-21)11-20(27)25-19-12-17(5-6-18(19)23)26-7-2-8-31(26,28)29/h1,3-6,9,12-13H,2,7-8,10-11H2,(H,25,27). The van der Waals surface area contributed by atoms with Crippen molar-refractivity contribution in [3.05, 3.63) is 74.2 Å². The maximum Gasteiger partial charge on any atom is 0.235 e. The van der Waals surface area contributed by atoms with E-state index in [1.165, 1.54) is 15.6 Å². The molecule has 0 aliphatic carbocycles. The summed E-state index contributed by atoms with van der Waals surface area (Å²) in [5.41, 5.74) is 2.59. The van der Waals surface area contributed by atoms with Crippen LogP contribution in [-0.2, 0) is 27.7 Å². The Hall–Kier alpha value is -2.13. The first-order chi connectivity index (χ1) is 14.8. The van der Waals surface area contributed by atoms with Gasteiger partial charge in [0, 0.05) is 23.4 Å². The minimum Gasteiger partial charge on any atom is -0.324 e. The van der Waals surface area contributed by atoms with Crippen LogP contribution in [0.15, 0.2) is 47.8 Å². The number of thiazole rings is 1. The number of halogens is 2. The molecule has 2 aromatic carbocycles. The van der Waals surface area contributed by atoms with Crippen LogP contribution in [0.5, 0.6) is 0 Å². The quantitative estimate of drug-likeness (QED) is 0.534. The molecule has 162 valence electrons. The Morgan fingerprint density at radius 3 is 2.77 bits per heavy atom. The molecule has 3 aromatic rings. The SMILES string of the molecule is O=C(Cc1csc(Cc2cccc(Cl)c2)n1)Nc1cc(N2CCCS2(=O)=O)ccc1Cl. The van der Waals surface area contributed by atoms with Gasteiger partial charge in [-0.3, -0.25) is 9.10 Å². The Labute approximate surface area is 194 Å². The van der Waals surface area contributed by atoms with E-state index in [4.69, 9.17) is 23.2 Å². The number of carbonyl (C=O) groups excluding carboxylic acids is 1. The molecule has 4 rings (SSSR count). The van der Waals surface area contributed by atoms with Gasteiger partial charge in [-0.2, -0.15) is 0 Å². The van der Waals surface area contributed by atoms with Crippen molar-refractivity contribution in [3.63, 3.8) is 0 Å². The zero-order valence-electron chi connectivity index (χ0n) is 16.3. The third-order valence-corrected chi connectivity index (χ3v) is 8.13. The molecule has 0 bridgehead atoms. The first kappa shape index (κ1) is 22.1. The molecule has 0 unspecified atom stereocenters. The molecular formula is C21H19Cl2N3O3S2. The highest BCUT2D eigenvalue weighted by Crippen LogP contribution is 2.31. The largest absolute Gasteiger partial charge is 0.324 e. The molecule has 10 heteroatoms. The molecule has 6 nitrogen and oxygen atoms in total. The number of nitrogens with one attached hydrogen (secondary N) is 1. The summed E-state index contributed by atoms with van der Waals surface area (Å²) in [5.74, 6) is -0.151. The second kappa shape index (κ2) is 9.16. The van der Waals surface area contributed by atoms with Gasteiger partial charge in [0.1, 0.15) is 0 Å². The van der Waals surface area contributed by atoms with E-state index in [-0.39, 0.29) is 18.1 Å². The van der Waals surface area contributed by atoms with Crippen molar-refractivity contribution in [1.82, 2.24) is 4.98 Å². The highest BCUT2D eigenvalue weighted by atomic mass is 35.5. The summed E-state index contributed by atoms with van der Waals surface area (Å²) in [6.45, 7) is 0.422. The van der Waals surface area contributed by atoms with Crippen LogP contribution in [0.4, 0.5) is 11.4 Å². The van der Waals surface area contributed by atoms with Gasteiger partial charge in [-0.05, 0) is 42.3 Å². The lowest BCUT2D eigenvalue weighted by atomic mass is 10.2. The number of benzene rings is 2. The molecule has 1 aromatic heterocycles. The van der Waals surface area contributed by atoms with E-state index in [9.17, 15) is 13.2 Å². The smallest absolute Gasteiger partial charge is 0.235 e. The lowest BCUT2D eigenvalue weighted by molar-refractivity contribution is -0.115. The maximum absolute atomic E-state index is 12.6. The van der Waals surface area contributed by atoms with Crippen LogP contribution in [-0.4, -0.2) is 31.6 Å². The van der Waals surface area contributed by atoms with Gasteiger partial charge in [-0.1, -0.05) is 35.3 Å². The fourth-order valence-corrected chi connectivity index (χ4v) is 6.15. The lowest BCUT2D eigenvalue weighted by Gasteiger charge is -2.18. The van der Waals surface area contributed by atoms with E-state index < -0.39 is 10.0 Å². The van der Waals surface area contributed by atoms with E-state index in [1.54, 1.807) is 18.2 Å². The predicted octanol–water partition coefficient (Wildman–Crippen LogP) is 4.76. The molecular weight excluding hydrogens is 477 g/mol. The topological polar surface area (TPSA) is 79.4 Å². The van der Waals surface area contributed by atoms with Crippen LogP contribution < -0.4 is 9.62 Å². The Balaban J connectivity index is 1.42. The fourth-order valence-electron chi connectivity index (χ4n) is 3.39. The van der Waals surface area contributed by atoms with Crippen molar-refractivity contribution in [2.24, 2.45) is 0 Å². The molecule has 1 N–H and O–H groups in total. The number of sulfonamides is 1. The zero-order chi connectivity index (χ0) is 22.0. The normalized spacial score (nSPS) is 15.2. The first-order valence-electron chi connectivity index (χ1n) is 9.58. The number of hydrogen-bond acceptors (Lipinski definition) is 5. The van der Waals surface area contributed by atoms with E-state index >= 15 is 0 Å². The van der Waals surface area contributed by atoms with Crippen LogP contribution in [0.1, 0.15) is 22.7 Å². The highest BCUT2D eigenvalue weighted by molar-refractivity contribution is 7.93. The Bertz CT molecular complexity index is 1230. The minimum absolute atomic E-state index is 0.0919. The van der Waals surface area contributed by atoms with Gasteiger partial charge in [-0.25, -0.2) is 13.4 Å². The molecule has 1 fully saturated rings. The van der Waals surface area contributed by atoms with Crippen LogP contribution in [0.25, 0.3) is 0 Å². The molecule has 1 aliphatic heterocycles. The first-order valence-corrected chi connectivity index (χ1v) is 12.8. The predicted molar refractivity (Wildman–Crippen MR) is 126 cm³/mol. The zero-order valence-corrected chi connectivity index (χ0v) is 19.5. The van der Waals surface area contributed by atoms with Crippen LogP contribution >= 0.6 is 34.5 Å². The van der Waals surface area contributed by atoms with Gasteiger partial charge in [0.05, 0.1) is 39.3 Å². The van der Waals surface area contributed by atoms with Gasteiger partial charge < -0.3 is 5.32 Å². The van der Waals surface area contributed by atoms with Crippen LogP contribution in [0.2, 0.25) is 10.0 Å². The Morgan fingerprint density at radius 2 is 2.03 bits per heavy atom. The molecule has 0 spiro atoms. The van der Waals surface area contributed by atoms with Crippen molar-refractivity contribution < 1.29 is 13.2 Å². The summed E-state index contributed by atoms with van der Waals surface area (Å²) in [4.78, 5) is 17.1. The van der Waals surface area contributed by atoms with Gasteiger partial charge in [-0.15, -0.1) is 11.3 Å². The third-order valence-electron chi connectivity index (χ3n) is 4.80. The second-order valence-electron chi connectivity index (χ2n) is 7.17. The summed E-state index contributed by atoms with van der Waals surface area (Å²) < 4.78 is 25.7. The number of carbonyl (C=O) groups is 1. The summed E-state index contributed by atoms with van der Waals surface area (Å²) in [5, 5.41) is 6.54. The van der Waals surface area contributed by atoms with E-state index in [0.29, 0.717) is 46.5 Å². The number of amides is 1. The third kappa shape index (κ3) is 5.38. The van der Waals surface area contributed by atoms with E-state index in [2.05, 4.69) is 10.3 Å². The number of hydrogen-bond donors (Lipinski definition) is 1. The monoisotopic (exact) mass is 495 g/mol. The van der Waals surface area contributed by atoms with Crippen LogP contribution in [0, 0.1) is 0 Å². The van der Waals surface area contributed by atoms with E-state index in [1.807, 2.05) is 29.6 Å². The molecule has 1 amide bonds. The van der Waals surface area contributed by atoms with Crippen molar-refractivity contribution >= 4 is 61.8 Å². The number of rotatable bonds is 6. The summed E-state index contributed by atoms with van der Waals surface area (Å²) >= 11 is 13.7. The summed E-state index contributed by atoms with van der Waals surface area (Å²) in [6, 6.07) is 12.4. The molecule has 1 saturated heterocycles. The molecule has 1 aliphatic rings. The number of aromatic nitrogens is 1. The Morgan fingerprint density at radius 1 is 1.19 bits per heavy atom. The fraction of sp³-hybridized carbons (Fsp3) is 0.238. The summed E-state index contributed by atoms with van der Waals surface area (Å²) in [7, 11) is -3.31. The second-order valence-corrected chi connectivity index (χ2v) is 11.0. The molecule has 31 heavy (non-hydrogen) atoms. The molecule has 0 atom stereocenters. The van der Waals surface area contributed by atoms with Crippen molar-refractivity contribution in [3.8, 4) is 0 Å². The van der Waals surface area contributed by atoms with Crippen molar-refractivity contribution in [1.29, 1.82) is 0 Å². The summed E-state index contributed by atoms with van der Waals surface area (Å²) in [6.07, 6.45) is 1.31. The minimum atomic E-state index is -3.31. The van der Waals surface area contributed by atoms with Gasteiger partial charge >= 0.3 is 0 Å². The lowest BCUT2D eigenvalue weighted by Crippen LogP contribution is -2.25. The van der Waals surface area contributed by atoms with Crippen molar-refractivity contribution in [2.75, 3.05) is 21.9 Å². The van der Waals surface area contributed by atoms with Crippen LogP contribution in [0.3, 0.4) is 0 Å². The highest BCUT2D eigenvalue weighted by Gasteiger charge is 2.28. The number of nitrogens with zero attached hydrogens (tertiary/aromatic N) is 2. The van der Waals surface area contributed by atoms with E-state index in [0.717, 1.165) is 10.6 Å². The Kier molecular flexibility index (Phi) is 6.52. The molecule has 2 heterocycles. The average Bonchev–Trinajstić information content (AvgIpc) is 3.29. The maximum atomic E-state index is 12.6. The molecule has 0 radical (unpaired) electrons. The average molecular weight is 496 g/mol. The number of anilines is 2. The van der Waals surface area contributed by atoms with Gasteiger partial charge in [0.15, 0.2) is 0 Å². The molecule has 0 saturated carbocycles. The van der Waals surface area contributed by atoms with Gasteiger partial charge in [0.25, 0.3) is 0 Å². The van der Waals surface area contributed by atoms with Crippen molar-refractivity contribution in [2.45, 2.75) is 19.3 Å². The van der Waals surface area contributed by atoms with Gasteiger partial charge in [0.2, 0.25) is 15.9 Å².